The molecule has 1 aliphatic heterocycles. The minimum atomic E-state index is -1.07. The van der Waals surface area contributed by atoms with Gasteiger partial charge in [-0.05, 0) is 6.92 Å². The van der Waals surface area contributed by atoms with Gasteiger partial charge >= 0.3 is 0 Å². The number of aliphatic hydroxyl groups is 1. The Bertz CT molecular complexity index is 92.4. The highest BCUT2D eigenvalue weighted by Gasteiger charge is 2.34. The van der Waals surface area contributed by atoms with E-state index in [-0.39, 0.29) is 6.10 Å². The van der Waals surface area contributed by atoms with E-state index in [0.29, 0.717) is 13.0 Å². The maximum absolute atomic E-state index is 9.12. The maximum atomic E-state index is 9.12. The first-order chi connectivity index (χ1) is 3.63. The average molecular weight is 117 g/mol. The van der Waals surface area contributed by atoms with Gasteiger partial charge in [0.2, 0.25) is 0 Å². The zero-order valence-corrected chi connectivity index (χ0v) is 4.92. The number of nitrogens with two attached hydrogens (primary N) is 1. The zero-order valence-electron chi connectivity index (χ0n) is 4.92. The van der Waals surface area contributed by atoms with Crippen LogP contribution in [0.5, 0.6) is 0 Å². The van der Waals surface area contributed by atoms with Crippen LogP contribution in [0.25, 0.3) is 0 Å². The van der Waals surface area contributed by atoms with Crippen LogP contribution in [0.15, 0.2) is 0 Å². The van der Waals surface area contributed by atoms with Crippen molar-refractivity contribution in [2.24, 2.45) is 5.73 Å². The van der Waals surface area contributed by atoms with Crippen molar-refractivity contribution in [3.8, 4) is 0 Å². The molecule has 48 valence electrons. The van der Waals surface area contributed by atoms with Crippen molar-refractivity contribution in [1.82, 2.24) is 0 Å². The van der Waals surface area contributed by atoms with Crippen molar-refractivity contribution in [1.29, 1.82) is 0 Å². The van der Waals surface area contributed by atoms with Crippen molar-refractivity contribution in [2.45, 2.75) is 25.2 Å². The SMILES string of the molecule is CC1OCCC1(N)O. The predicted molar refractivity (Wildman–Crippen MR) is 29.2 cm³/mol. The van der Waals surface area contributed by atoms with Crippen LogP contribution in [0.3, 0.4) is 0 Å². The van der Waals surface area contributed by atoms with Gasteiger partial charge in [-0.3, -0.25) is 0 Å². The largest absolute Gasteiger partial charge is 0.374 e. The third kappa shape index (κ3) is 0.844. The number of hydrogen-bond donors (Lipinski definition) is 2. The van der Waals surface area contributed by atoms with Gasteiger partial charge in [0.1, 0.15) is 5.72 Å². The first kappa shape index (κ1) is 6.01. The fraction of sp³-hybridized carbons (Fsp3) is 1.00. The van der Waals surface area contributed by atoms with Gasteiger partial charge in [0, 0.05) is 6.42 Å². The van der Waals surface area contributed by atoms with Gasteiger partial charge in [0.05, 0.1) is 12.7 Å². The summed E-state index contributed by atoms with van der Waals surface area (Å²) in [5, 5.41) is 9.12. The molecule has 1 heterocycles. The lowest BCUT2D eigenvalue weighted by atomic mass is 10.1. The second kappa shape index (κ2) is 1.69. The fourth-order valence-corrected chi connectivity index (χ4v) is 0.747. The molecule has 1 aliphatic rings. The van der Waals surface area contributed by atoms with E-state index in [4.69, 9.17) is 15.6 Å². The second-order valence-electron chi connectivity index (χ2n) is 2.25. The summed E-state index contributed by atoms with van der Waals surface area (Å²) in [5.74, 6) is 0. The predicted octanol–water partition coefficient (Wildman–Crippen LogP) is -0.557. The molecule has 0 aromatic rings. The van der Waals surface area contributed by atoms with E-state index >= 15 is 0 Å². The van der Waals surface area contributed by atoms with E-state index in [9.17, 15) is 0 Å². The lowest BCUT2D eigenvalue weighted by Gasteiger charge is -2.18. The monoisotopic (exact) mass is 117 g/mol. The first-order valence-corrected chi connectivity index (χ1v) is 2.76. The average Bonchev–Trinajstić information content (AvgIpc) is 1.86. The van der Waals surface area contributed by atoms with E-state index in [1.54, 1.807) is 6.92 Å². The van der Waals surface area contributed by atoms with Crippen LogP contribution >= 0.6 is 0 Å². The summed E-state index contributed by atoms with van der Waals surface area (Å²) in [6.07, 6.45) is 0.344. The number of rotatable bonds is 0. The van der Waals surface area contributed by atoms with Crippen LogP contribution in [0, 0.1) is 0 Å². The molecule has 8 heavy (non-hydrogen) atoms. The minimum Gasteiger partial charge on any atom is -0.374 e. The van der Waals surface area contributed by atoms with Gasteiger partial charge < -0.3 is 15.6 Å². The van der Waals surface area contributed by atoms with Crippen molar-refractivity contribution in [3.63, 3.8) is 0 Å². The summed E-state index contributed by atoms with van der Waals surface area (Å²) in [6, 6.07) is 0. The lowest BCUT2D eigenvalue weighted by Crippen LogP contribution is -2.45. The zero-order chi connectivity index (χ0) is 6.20. The summed E-state index contributed by atoms with van der Waals surface area (Å²) >= 11 is 0. The lowest BCUT2D eigenvalue weighted by molar-refractivity contribution is -0.0226. The highest BCUT2D eigenvalue weighted by molar-refractivity contribution is 4.82. The molecule has 0 aromatic heterocycles. The molecule has 0 spiro atoms. The molecule has 3 N–H and O–H groups in total. The Morgan fingerprint density at radius 1 is 1.88 bits per heavy atom. The molecule has 0 aromatic carbocycles. The third-order valence-electron chi connectivity index (χ3n) is 1.57. The smallest absolute Gasteiger partial charge is 0.141 e. The number of ether oxygens (including phenoxy) is 1. The van der Waals surface area contributed by atoms with Gasteiger partial charge in [0.25, 0.3) is 0 Å². The maximum Gasteiger partial charge on any atom is 0.141 e. The van der Waals surface area contributed by atoms with Gasteiger partial charge in [-0.2, -0.15) is 0 Å². The Labute approximate surface area is 48.4 Å². The van der Waals surface area contributed by atoms with E-state index in [1.165, 1.54) is 0 Å². The summed E-state index contributed by atoms with van der Waals surface area (Å²) in [5.41, 5.74) is 4.28. The molecule has 2 unspecified atom stereocenters. The van der Waals surface area contributed by atoms with Crippen LogP contribution in [-0.4, -0.2) is 23.5 Å². The van der Waals surface area contributed by atoms with Crippen molar-refractivity contribution in [2.75, 3.05) is 6.61 Å². The van der Waals surface area contributed by atoms with Crippen molar-refractivity contribution < 1.29 is 9.84 Å². The molecule has 0 saturated carbocycles. The van der Waals surface area contributed by atoms with Crippen molar-refractivity contribution >= 4 is 0 Å². The number of hydrogen-bond acceptors (Lipinski definition) is 3. The van der Waals surface area contributed by atoms with E-state index in [0.717, 1.165) is 0 Å². The van der Waals surface area contributed by atoms with Crippen LogP contribution < -0.4 is 5.73 Å². The summed E-state index contributed by atoms with van der Waals surface area (Å²) in [7, 11) is 0. The molecular formula is C5H11NO2. The molecule has 3 heteroatoms. The Hall–Kier alpha value is -0.120. The Kier molecular flexibility index (Phi) is 1.27. The fourth-order valence-electron chi connectivity index (χ4n) is 0.747. The van der Waals surface area contributed by atoms with Crippen molar-refractivity contribution in [3.05, 3.63) is 0 Å². The highest BCUT2D eigenvalue weighted by Crippen LogP contribution is 2.18. The Morgan fingerprint density at radius 2 is 2.50 bits per heavy atom. The molecule has 0 amide bonds. The van der Waals surface area contributed by atoms with Crippen LogP contribution in [-0.2, 0) is 4.74 Å². The molecule has 0 aliphatic carbocycles. The van der Waals surface area contributed by atoms with E-state index < -0.39 is 5.72 Å². The Balaban J connectivity index is 2.54. The quantitative estimate of drug-likeness (QED) is 0.418. The highest BCUT2D eigenvalue weighted by atomic mass is 16.5. The molecular weight excluding hydrogens is 106 g/mol. The summed E-state index contributed by atoms with van der Waals surface area (Å²) < 4.78 is 4.99. The second-order valence-corrected chi connectivity index (χ2v) is 2.25. The molecule has 2 atom stereocenters. The minimum absolute atomic E-state index is 0.206. The van der Waals surface area contributed by atoms with Crippen LogP contribution in [0.4, 0.5) is 0 Å². The van der Waals surface area contributed by atoms with Gasteiger partial charge in [0.15, 0.2) is 0 Å². The molecule has 0 radical (unpaired) electrons. The van der Waals surface area contributed by atoms with Crippen LogP contribution in [0.1, 0.15) is 13.3 Å². The molecule has 1 saturated heterocycles. The first-order valence-electron chi connectivity index (χ1n) is 2.76. The van der Waals surface area contributed by atoms with E-state index in [2.05, 4.69) is 0 Å². The topological polar surface area (TPSA) is 55.5 Å². The molecule has 1 fully saturated rings. The molecule has 0 bridgehead atoms. The van der Waals surface area contributed by atoms with Gasteiger partial charge in [-0.25, -0.2) is 0 Å². The van der Waals surface area contributed by atoms with Gasteiger partial charge in [-0.15, -0.1) is 0 Å². The third-order valence-corrected chi connectivity index (χ3v) is 1.57. The summed E-state index contributed by atoms with van der Waals surface area (Å²) in [4.78, 5) is 0. The normalized spacial score (nSPS) is 47.6. The molecule has 1 rings (SSSR count). The molecule has 3 nitrogen and oxygen atoms in total. The van der Waals surface area contributed by atoms with E-state index in [1.807, 2.05) is 0 Å². The standard InChI is InChI=1S/C5H11NO2/c1-4-5(6,7)2-3-8-4/h4,7H,2-3,6H2,1H3. The van der Waals surface area contributed by atoms with Gasteiger partial charge in [-0.1, -0.05) is 0 Å². The van der Waals surface area contributed by atoms with Crippen LogP contribution in [0.2, 0.25) is 0 Å². The summed E-state index contributed by atoms with van der Waals surface area (Å²) in [6.45, 7) is 2.35. The Morgan fingerprint density at radius 3 is 2.62 bits per heavy atom.